The molecule has 0 aliphatic rings. The van der Waals surface area contributed by atoms with Crippen molar-refractivity contribution in [1.82, 2.24) is 4.98 Å². The molecule has 0 aliphatic heterocycles. The maximum absolute atomic E-state index is 6.37. The van der Waals surface area contributed by atoms with E-state index in [0.29, 0.717) is 15.6 Å². The Balaban J connectivity index is 2.72. The van der Waals surface area contributed by atoms with E-state index in [1.54, 1.807) is 0 Å². The van der Waals surface area contributed by atoms with Gasteiger partial charge in [0.2, 0.25) is 0 Å². The van der Waals surface area contributed by atoms with Crippen LogP contribution in [0.2, 0.25) is 36.3 Å². The summed E-state index contributed by atoms with van der Waals surface area (Å²) in [6.45, 7) is 24.9. The molecule has 0 spiro atoms. The van der Waals surface area contributed by atoms with Crippen molar-refractivity contribution in [3.8, 4) is 0 Å². The van der Waals surface area contributed by atoms with Gasteiger partial charge in [-0.15, -0.1) is 0 Å². The van der Waals surface area contributed by atoms with E-state index in [2.05, 4.69) is 79.9 Å². The Morgan fingerprint density at radius 2 is 1.54 bits per heavy atom. The van der Waals surface area contributed by atoms with Crippen molar-refractivity contribution < 1.29 is 4.43 Å². The van der Waals surface area contributed by atoms with Gasteiger partial charge in [-0.1, -0.05) is 67.1 Å². The molecule has 1 unspecified atom stereocenters. The van der Waals surface area contributed by atoms with Gasteiger partial charge in [-0.2, -0.15) is 0 Å². The van der Waals surface area contributed by atoms with Crippen molar-refractivity contribution in [2.24, 2.45) is 0 Å². The molecule has 0 fully saturated rings. The monoisotopic (exact) mass is 393 g/mol. The van der Waals surface area contributed by atoms with Crippen molar-refractivity contribution in [2.45, 2.75) is 103 Å². The third-order valence-corrected chi connectivity index (χ3v) is 17.7. The highest BCUT2D eigenvalue weighted by Crippen LogP contribution is 2.46. The van der Waals surface area contributed by atoms with Crippen LogP contribution in [-0.2, 0) is 4.43 Å². The van der Waals surface area contributed by atoms with Gasteiger partial charge < -0.3 is 4.43 Å². The molecule has 1 aromatic heterocycles. The standard InChI is InChI=1S/C22H43NOSi2/c1-21(2,3)25(7,8)20(19-15-11-13-17-23-19)16-12-14-18-24-26(9,10)22(4,5)6/h11,13,15,17,20H,12,14,16,18H2,1-10H3. The average molecular weight is 394 g/mol. The fourth-order valence-electron chi connectivity index (χ4n) is 2.98. The minimum atomic E-state index is -1.62. The second kappa shape index (κ2) is 8.70. The van der Waals surface area contributed by atoms with Gasteiger partial charge in [0.15, 0.2) is 8.32 Å². The topological polar surface area (TPSA) is 22.1 Å². The van der Waals surface area contributed by atoms with E-state index in [1.165, 1.54) is 18.5 Å². The Hall–Kier alpha value is -0.456. The first kappa shape index (κ1) is 23.6. The Kier molecular flexibility index (Phi) is 7.89. The quantitative estimate of drug-likeness (QED) is 0.339. The summed E-state index contributed by atoms with van der Waals surface area (Å²) in [6.07, 6.45) is 5.57. The summed E-state index contributed by atoms with van der Waals surface area (Å²) in [5, 5.41) is 0.664. The lowest BCUT2D eigenvalue weighted by Gasteiger charge is -2.43. The van der Waals surface area contributed by atoms with Crippen LogP contribution in [0.25, 0.3) is 0 Å². The summed E-state index contributed by atoms with van der Waals surface area (Å²) in [5.41, 5.74) is 1.90. The van der Waals surface area contributed by atoms with Crippen molar-refractivity contribution in [2.75, 3.05) is 6.61 Å². The lowest BCUT2D eigenvalue weighted by atomic mass is 10.1. The molecule has 1 rings (SSSR count). The number of hydrogen-bond donors (Lipinski definition) is 0. The van der Waals surface area contributed by atoms with Crippen LogP contribution in [0.15, 0.2) is 24.4 Å². The molecular weight excluding hydrogens is 350 g/mol. The zero-order chi connectivity index (χ0) is 20.2. The molecule has 0 aromatic carbocycles. The third-order valence-electron chi connectivity index (χ3n) is 7.01. The summed E-state index contributed by atoms with van der Waals surface area (Å²) in [4.78, 5) is 4.74. The van der Waals surface area contributed by atoms with Gasteiger partial charge in [0, 0.05) is 18.5 Å². The van der Waals surface area contributed by atoms with Crippen LogP contribution in [0.3, 0.4) is 0 Å². The maximum atomic E-state index is 6.37. The Morgan fingerprint density at radius 1 is 0.923 bits per heavy atom. The molecule has 1 heterocycles. The molecule has 0 saturated carbocycles. The van der Waals surface area contributed by atoms with Gasteiger partial charge in [0.05, 0.1) is 8.07 Å². The van der Waals surface area contributed by atoms with E-state index < -0.39 is 16.4 Å². The van der Waals surface area contributed by atoms with E-state index in [9.17, 15) is 0 Å². The molecule has 0 aliphatic carbocycles. The number of rotatable bonds is 8. The molecule has 150 valence electrons. The normalized spacial score (nSPS) is 15.2. The molecule has 0 bridgehead atoms. The Morgan fingerprint density at radius 3 is 2.00 bits per heavy atom. The lowest BCUT2D eigenvalue weighted by molar-refractivity contribution is 0.277. The van der Waals surface area contributed by atoms with E-state index in [4.69, 9.17) is 9.41 Å². The predicted octanol–water partition coefficient (Wildman–Crippen LogP) is 7.41. The number of pyridine rings is 1. The molecule has 26 heavy (non-hydrogen) atoms. The number of hydrogen-bond acceptors (Lipinski definition) is 2. The number of unbranched alkanes of at least 4 members (excludes halogenated alkanes) is 1. The van der Waals surface area contributed by atoms with E-state index in [-0.39, 0.29) is 0 Å². The second-order valence-corrected chi connectivity index (χ2v) is 21.3. The van der Waals surface area contributed by atoms with Gasteiger partial charge in [0.25, 0.3) is 0 Å². The highest BCUT2D eigenvalue weighted by molar-refractivity contribution is 6.81. The second-order valence-electron chi connectivity index (χ2n) is 10.9. The lowest BCUT2D eigenvalue weighted by Crippen LogP contribution is -2.44. The van der Waals surface area contributed by atoms with Crippen LogP contribution in [0.4, 0.5) is 0 Å². The Labute approximate surface area is 165 Å². The van der Waals surface area contributed by atoms with Gasteiger partial charge >= 0.3 is 0 Å². The van der Waals surface area contributed by atoms with Gasteiger partial charge in [0.1, 0.15) is 0 Å². The molecular formula is C22H43NOSi2. The molecule has 0 saturated heterocycles. The first-order valence-electron chi connectivity index (χ1n) is 10.2. The molecule has 0 radical (unpaired) electrons. The molecule has 0 amide bonds. The highest BCUT2D eigenvalue weighted by atomic mass is 28.4. The summed E-state index contributed by atoms with van der Waals surface area (Å²) in [6, 6.07) is 6.40. The minimum absolute atomic E-state index is 0.296. The number of aromatic nitrogens is 1. The fourth-order valence-corrected chi connectivity index (χ4v) is 6.95. The van der Waals surface area contributed by atoms with E-state index in [1.807, 2.05) is 12.3 Å². The Bertz CT molecular complexity index is 542. The van der Waals surface area contributed by atoms with Crippen LogP contribution in [-0.4, -0.2) is 28.0 Å². The summed E-state index contributed by atoms with van der Waals surface area (Å²) in [7, 11) is -3.11. The van der Waals surface area contributed by atoms with Gasteiger partial charge in [-0.3, -0.25) is 4.98 Å². The summed E-state index contributed by atoms with van der Waals surface area (Å²) >= 11 is 0. The van der Waals surface area contributed by atoms with Crippen molar-refractivity contribution in [3.05, 3.63) is 30.1 Å². The van der Waals surface area contributed by atoms with Crippen molar-refractivity contribution in [3.63, 3.8) is 0 Å². The minimum Gasteiger partial charge on any atom is -0.417 e. The van der Waals surface area contributed by atoms with Crippen LogP contribution in [0.5, 0.6) is 0 Å². The first-order chi connectivity index (χ1) is 11.7. The highest BCUT2D eigenvalue weighted by Gasteiger charge is 2.43. The van der Waals surface area contributed by atoms with Crippen LogP contribution >= 0.6 is 0 Å². The SMILES string of the molecule is CC(C)(C)[Si](C)(C)OCCCCC(c1ccccn1)[Si](C)(C)C(C)(C)C. The van der Waals surface area contributed by atoms with Crippen LogP contribution < -0.4 is 0 Å². The van der Waals surface area contributed by atoms with Crippen LogP contribution in [0.1, 0.15) is 72.0 Å². The van der Waals surface area contributed by atoms with Crippen molar-refractivity contribution in [1.29, 1.82) is 0 Å². The van der Waals surface area contributed by atoms with E-state index >= 15 is 0 Å². The molecule has 1 aromatic rings. The molecule has 1 atom stereocenters. The average Bonchev–Trinajstić information content (AvgIpc) is 2.49. The zero-order valence-electron chi connectivity index (χ0n) is 19.1. The van der Waals surface area contributed by atoms with Crippen LogP contribution in [0, 0.1) is 0 Å². The fraction of sp³-hybridized carbons (Fsp3) is 0.773. The summed E-state index contributed by atoms with van der Waals surface area (Å²) in [5.74, 6) is 0. The summed E-state index contributed by atoms with van der Waals surface area (Å²) < 4.78 is 6.37. The largest absolute Gasteiger partial charge is 0.417 e. The van der Waals surface area contributed by atoms with E-state index in [0.717, 1.165) is 13.0 Å². The molecule has 2 nitrogen and oxygen atoms in total. The van der Waals surface area contributed by atoms with Gasteiger partial charge in [-0.25, -0.2) is 0 Å². The van der Waals surface area contributed by atoms with Gasteiger partial charge in [-0.05, 0) is 53.7 Å². The van der Waals surface area contributed by atoms with Crippen molar-refractivity contribution >= 4 is 16.4 Å². The third kappa shape index (κ3) is 6.03. The smallest absolute Gasteiger partial charge is 0.191 e. The zero-order valence-corrected chi connectivity index (χ0v) is 21.1. The molecule has 0 N–H and O–H groups in total. The number of nitrogens with zero attached hydrogens (tertiary/aromatic N) is 1. The molecule has 4 heteroatoms. The first-order valence-corrected chi connectivity index (χ1v) is 16.2. The maximum Gasteiger partial charge on any atom is 0.191 e. The predicted molar refractivity (Wildman–Crippen MR) is 121 cm³/mol.